The Morgan fingerprint density at radius 1 is 0.500 bits per heavy atom. The van der Waals surface area contributed by atoms with Crippen molar-refractivity contribution in [3.05, 3.63) is 122 Å². The fourth-order valence-electron chi connectivity index (χ4n) is 4.88. The van der Waals surface area contributed by atoms with Crippen molar-refractivity contribution in [3.8, 4) is 22.5 Å². The van der Waals surface area contributed by atoms with Crippen molar-refractivity contribution in [2.24, 2.45) is 0 Å². The zero-order valence-electron chi connectivity index (χ0n) is 18.3. The molecule has 0 bridgehead atoms. The number of hydrogen-bond donors (Lipinski definition) is 0. The third-order valence-electron chi connectivity index (χ3n) is 6.46. The Hall–Kier alpha value is -4.70. The molecule has 4 aromatic heterocycles. The van der Waals surface area contributed by atoms with Gasteiger partial charge in [0.05, 0.1) is 5.52 Å². The molecule has 160 valence electrons. The summed E-state index contributed by atoms with van der Waals surface area (Å²) in [6.45, 7) is 0. The number of nitrogens with zero attached hydrogens (tertiary/aromatic N) is 4. The Morgan fingerprint density at radius 3 is 2.03 bits per heavy atom. The van der Waals surface area contributed by atoms with Crippen LogP contribution in [0.4, 0.5) is 0 Å². The lowest BCUT2D eigenvalue weighted by Crippen LogP contribution is -1.97. The average Bonchev–Trinajstić information content (AvgIpc) is 3.49. The molecule has 4 nitrogen and oxygen atoms in total. The lowest BCUT2D eigenvalue weighted by molar-refractivity contribution is 1.09. The van der Waals surface area contributed by atoms with Gasteiger partial charge >= 0.3 is 0 Å². The fraction of sp³-hybridized carbons (Fsp3) is 0. The second-order valence-electron chi connectivity index (χ2n) is 8.40. The topological polar surface area (TPSA) is 35.6 Å². The molecule has 0 aliphatic rings. The maximum absolute atomic E-state index is 4.91. The molecule has 0 amide bonds. The molecule has 4 heteroatoms. The lowest BCUT2D eigenvalue weighted by atomic mass is 10.1. The molecule has 0 N–H and O–H groups in total. The number of aromatic nitrogens is 4. The zero-order valence-corrected chi connectivity index (χ0v) is 18.3. The van der Waals surface area contributed by atoms with E-state index in [0.717, 1.165) is 44.3 Å². The first kappa shape index (κ1) is 18.8. The summed E-state index contributed by atoms with van der Waals surface area (Å²) in [5.41, 5.74) is 7.59. The van der Waals surface area contributed by atoms with Crippen molar-refractivity contribution in [2.75, 3.05) is 0 Å². The molecule has 0 radical (unpaired) electrons. The monoisotopic (exact) mass is 436 g/mol. The van der Waals surface area contributed by atoms with Crippen LogP contribution in [0.3, 0.4) is 0 Å². The molecular weight excluding hydrogens is 416 g/mol. The third kappa shape index (κ3) is 2.79. The quantitative estimate of drug-likeness (QED) is 0.294. The Morgan fingerprint density at radius 2 is 1.24 bits per heavy atom. The van der Waals surface area contributed by atoms with E-state index < -0.39 is 0 Å². The Bertz CT molecular complexity index is 1780. The third-order valence-corrected chi connectivity index (χ3v) is 6.46. The number of pyridine rings is 2. The molecule has 4 heterocycles. The molecule has 0 saturated heterocycles. The predicted molar refractivity (Wildman–Crippen MR) is 139 cm³/mol. The molecule has 3 aromatic carbocycles. The van der Waals surface area contributed by atoms with Crippen molar-refractivity contribution in [1.29, 1.82) is 0 Å². The first-order valence-corrected chi connectivity index (χ1v) is 11.3. The highest BCUT2D eigenvalue weighted by molar-refractivity contribution is 6.16. The van der Waals surface area contributed by atoms with Crippen LogP contribution in [-0.2, 0) is 0 Å². The van der Waals surface area contributed by atoms with Crippen LogP contribution >= 0.6 is 0 Å². The largest absolute Gasteiger partial charge is 0.301 e. The minimum atomic E-state index is 0.931. The van der Waals surface area contributed by atoms with Crippen LogP contribution in [0.2, 0.25) is 0 Å². The first-order valence-electron chi connectivity index (χ1n) is 11.3. The van der Waals surface area contributed by atoms with Gasteiger partial charge < -0.3 is 4.57 Å². The number of rotatable bonds is 3. The van der Waals surface area contributed by atoms with Crippen molar-refractivity contribution in [1.82, 2.24) is 19.1 Å². The average molecular weight is 437 g/mol. The molecule has 7 aromatic rings. The molecule has 0 saturated carbocycles. The standard InChI is InChI=1S/C30H20N4/c1-3-8-21(9-4-1)22-13-15-23(16-14-22)33-19-17-26-28-27(20-32-29(26)33)25-12-7-18-31-30(25)34(28)24-10-5-2-6-11-24/h1-20H. The molecule has 0 spiro atoms. The number of para-hydroxylation sites is 1. The first-order chi connectivity index (χ1) is 16.9. The Balaban J connectivity index is 1.46. The van der Waals surface area contributed by atoms with Gasteiger partial charge in [-0.25, -0.2) is 9.97 Å². The van der Waals surface area contributed by atoms with Crippen molar-refractivity contribution < 1.29 is 0 Å². The Labute approximate surface area is 196 Å². The Kier molecular flexibility index (Phi) is 4.11. The van der Waals surface area contributed by atoms with E-state index in [2.05, 4.69) is 100 Å². The van der Waals surface area contributed by atoms with Gasteiger partial charge in [-0.15, -0.1) is 0 Å². The van der Waals surface area contributed by atoms with Crippen molar-refractivity contribution in [2.45, 2.75) is 0 Å². The van der Waals surface area contributed by atoms with Crippen molar-refractivity contribution >= 4 is 33.0 Å². The normalized spacial score (nSPS) is 11.5. The van der Waals surface area contributed by atoms with E-state index in [1.807, 2.05) is 30.6 Å². The lowest BCUT2D eigenvalue weighted by Gasteiger charge is -2.09. The van der Waals surface area contributed by atoms with Gasteiger partial charge in [0.15, 0.2) is 0 Å². The molecule has 7 rings (SSSR count). The maximum Gasteiger partial charge on any atom is 0.146 e. The van der Waals surface area contributed by atoms with Gasteiger partial charge in [0.1, 0.15) is 11.3 Å². The summed E-state index contributed by atoms with van der Waals surface area (Å²) in [7, 11) is 0. The van der Waals surface area contributed by atoms with Crippen LogP contribution in [-0.4, -0.2) is 19.1 Å². The van der Waals surface area contributed by atoms with Gasteiger partial charge in [-0.1, -0.05) is 60.7 Å². The summed E-state index contributed by atoms with van der Waals surface area (Å²) in [4.78, 5) is 9.64. The highest BCUT2D eigenvalue weighted by Crippen LogP contribution is 2.35. The van der Waals surface area contributed by atoms with E-state index in [1.165, 1.54) is 11.1 Å². The van der Waals surface area contributed by atoms with Crippen LogP contribution in [0.15, 0.2) is 122 Å². The highest BCUT2D eigenvalue weighted by Gasteiger charge is 2.18. The molecule has 34 heavy (non-hydrogen) atoms. The van der Waals surface area contributed by atoms with E-state index in [-0.39, 0.29) is 0 Å². The fourth-order valence-corrected chi connectivity index (χ4v) is 4.88. The summed E-state index contributed by atoms with van der Waals surface area (Å²) in [6.07, 6.45) is 5.94. The molecule has 0 aliphatic heterocycles. The van der Waals surface area contributed by atoms with E-state index >= 15 is 0 Å². The van der Waals surface area contributed by atoms with E-state index in [1.54, 1.807) is 0 Å². The molecule has 0 atom stereocenters. The molecule has 0 aliphatic carbocycles. The smallest absolute Gasteiger partial charge is 0.146 e. The van der Waals surface area contributed by atoms with Crippen molar-refractivity contribution in [3.63, 3.8) is 0 Å². The number of benzene rings is 3. The van der Waals surface area contributed by atoms with Crippen LogP contribution in [0, 0.1) is 0 Å². The summed E-state index contributed by atoms with van der Waals surface area (Å²) in [5.74, 6) is 0. The van der Waals surface area contributed by atoms with E-state index in [9.17, 15) is 0 Å². The molecular formula is C30H20N4. The second-order valence-corrected chi connectivity index (χ2v) is 8.40. The van der Waals surface area contributed by atoms with E-state index in [0.29, 0.717) is 0 Å². The van der Waals surface area contributed by atoms with Gasteiger partial charge in [0.25, 0.3) is 0 Å². The van der Waals surface area contributed by atoms with Crippen LogP contribution in [0.25, 0.3) is 55.5 Å². The van der Waals surface area contributed by atoms with Crippen LogP contribution in [0.1, 0.15) is 0 Å². The zero-order chi connectivity index (χ0) is 22.5. The maximum atomic E-state index is 4.91. The summed E-state index contributed by atoms with van der Waals surface area (Å²) in [5, 5.41) is 3.32. The molecule has 0 fully saturated rings. The van der Waals surface area contributed by atoms with Gasteiger partial charge in [0, 0.05) is 46.1 Å². The van der Waals surface area contributed by atoms with Gasteiger partial charge in [-0.05, 0) is 53.6 Å². The number of fused-ring (bicyclic) bond motifs is 5. The summed E-state index contributed by atoms with van der Waals surface area (Å²) < 4.78 is 4.40. The minimum Gasteiger partial charge on any atom is -0.301 e. The number of hydrogen-bond acceptors (Lipinski definition) is 2. The second kappa shape index (κ2) is 7.42. The SMILES string of the molecule is c1ccc(-c2ccc(-n3ccc4c3ncc3c5cccnc5n(-c5ccccc5)c34)cc2)cc1. The van der Waals surface area contributed by atoms with Gasteiger partial charge in [-0.3, -0.25) is 4.57 Å². The minimum absolute atomic E-state index is 0.931. The highest BCUT2D eigenvalue weighted by atomic mass is 15.1. The van der Waals surface area contributed by atoms with E-state index in [4.69, 9.17) is 9.97 Å². The van der Waals surface area contributed by atoms with Crippen LogP contribution in [0.5, 0.6) is 0 Å². The molecule has 0 unspecified atom stereocenters. The van der Waals surface area contributed by atoms with Crippen LogP contribution < -0.4 is 0 Å². The summed E-state index contributed by atoms with van der Waals surface area (Å²) >= 11 is 0. The predicted octanol–water partition coefficient (Wildman–Crippen LogP) is 7.18. The van der Waals surface area contributed by atoms with Gasteiger partial charge in [0.2, 0.25) is 0 Å². The van der Waals surface area contributed by atoms with Gasteiger partial charge in [-0.2, -0.15) is 0 Å². The summed E-state index contributed by atoms with van der Waals surface area (Å²) in [6, 6.07) is 35.8.